The number of phenols is 6. The Morgan fingerprint density at radius 1 is 0.758 bits per heavy atom. The molecule has 4 aliphatic heterocycles. The number of carbonyl (C=O) groups excluding carboxylic acids is 4. The number of hydrogen-bond acceptors (Lipinski definition) is 16. The normalized spacial score (nSPS) is 15.3. The van der Waals surface area contributed by atoms with Gasteiger partial charge in [0.05, 0.1) is 44.3 Å². The number of hydrogen-bond donors (Lipinski definition) is 9. The van der Waals surface area contributed by atoms with Crippen molar-refractivity contribution in [2.24, 2.45) is 39.4 Å². The first-order chi connectivity index (χ1) is 45.4. The number of halogens is 5. The zero-order chi connectivity index (χ0) is 73.8. The highest BCUT2D eigenvalue weighted by Crippen LogP contribution is 2.51. The third-order valence-electron chi connectivity index (χ3n) is 15.2. The van der Waals surface area contributed by atoms with Crippen LogP contribution in [0.2, 0.25) is 0 Å². The summed E-state index contributed by atoms with van der Waals surface area (Å²) in [5, 5.41) is 60.1. The van der Waals surface area contributed by atoms with Crippen molar-refractivity contribution in [1.29, 1.82) is 1.43 Å². The summed E-state index contributed by atoms with van der Waals surface area (Å²) < 4.78 is 29.1. The Bertz CT molecular complexity index is 3220. The number of ether oxygens (including phenoxy) is 1. The van der Waals surface area contributed by atoms with E-state index in [4.69, 9.17) is 70.5 Å². The number of Topliss-reactive ketones (excluding diaryl/α,β-unsaturated/α-hetero) is 2. The minimum absolute atomic E-state index is 0. The lowest BCUT2D eigenvalue weighted by Gasteiger charge is -2.43. The highest BCUT2D eigenvalue weighted by atomic mass is 127. The molecule has 5 aromatic rings. The fourth-order valence-electron chi connectivity index (χ4n) is 10.5. The number of nitrogens with one attached hydrogen (secondary N) is 1. The molecule has 532 valence electrons. The number of quaternary nitrogens is 1. The van der Waals surface area contributed by atoms with Crippen molar-refractivity contribution in [1.82, 2.24) is 10.2 Å². The van der Waals surface area contributed by atoms with E-state index >= 15 is 0 Å². The van der Waals surface area contributed by atoms with Crippen LogP contribution in [0.25, 0.3) is 0 Å². The van der Waals surface area contributed by atoms with E-state index in [-0.39, 0.29) is 82.7 Å². The average molecular weight is 1540 g/mol. The Balaban J connectivity index is 0. The first-order valence-corrected chi connectivity index (χ1v) is 35.1. The van der Waals surface area contributed by atoms with E-state index in [0.717, 1.165) is 91.6 Å². The second-order valence-corrected chi connectivity index (χ2v) is 29.8. The molecule has 4 heterocycles. The number of aliphatic hydroxyl groups is 1. The maximum atomic E-state index is 12.5. The Morgan fingerprint density at radius 2 is 1.24 bits per heavy atom. The molecule has 3 unspecified atom stereocenters. The molecule has 9 rings (SSSR count). The van der Waals surface area contributed by atoms with Gasteiger partial charge in [0.25, 0.3) is 6.47 Å². The van der Waals surface area contributed by atoms with Gasteiger partial charge < -0.3 is 56.0 Å². The Kier molecular flexibility index (Phi) is 43.5. The SMILES string of the molecule is CC(=O)C(CC(C)C)C[N+](C)(C)C.CCOC=O.Cc1cc2c(cc1C)C1CC(=O)C(CC(C)C)CN1CC2.Cc1cc2c(cc1C)CCN=C2.Cl.ClP(Cl)Cl.I.NCCc1ccc(O)c(O)c1.O=CNCCc1ccc(O)c(O)c1.Oc1cc2c(cc1O)CCN=C2.[2H]OC([2H])([2H])[2H]. The van der Waals surface area contributed by atoms with Crippen LogP contribution in [0.3, 0.4) is 0 Å². The molecule has 18 nitrogen and oxygen atoms in total. The minimum atomic E-state index is -2.54. The highest BCUT2D eigenvalue weighted by Gasteiger charge is 2.38. The standard InChI is InChI=1S/C19H27NO.C11H24NO.C11H13N.C9H11NO3.C9H9NO2.C8H11NO2.C3H6O2.CH4O.Cl3P.ClH.HI/c1-12(2)7-16-11-20-6-5-15-8-13(3)14(4)9-17(15)18(20)10-19(16)21;1-9(2)7-11(10(3)13)8-12(4,5)6;1-8-5-10-3-4-12-7-11(10)6-9(8)2;11-6-10-4-3-7-1-2-8(12)9(13)5-7;11-8-3-6-1-2-10-5-7(6)4-9(8)12;9-4-3-6-1-2-7(10)8(11)5-6;1-2-5-3-4;1-2;1-4(2)3;;/h8-9,12,16,18H,5-7,10-11H2,1-4H3;9,11H,7-8H2,1-6H3;5-7H,3-4H2,1-2H3;1-2,5-6,12-13H,3-4H2,(H,10,11);3-5,11-12H,1-2H2;1-2,5,10-11H,3-4,9H2;3H,2H2,1H3;2H,1H3;;2*1H/q;+1;;;;;;;;;/i;;;;;;;1D3,2D;;;. The number of aliphatic imine (C=N–C) groups is 2. The van der Waals surface area contributed by atoms with Crippen LogP contribution in [0, 0.1) is 51.4 Å². The molecule has 1 fully saturated rings. The molecule has 24 heteroatoms. The van der Waals surface area contributed by atoms with Gasteiger partial charge in [0.15, 0.2) is 40.5 Å². The molecule has 0 aliphatic carbocycles. The Labute approximate surface area is 609 Å². The summed E-state index contributed by atoms with van der Waals surface area (Å²) in [6.45, 7) is 27.7. The molecule has 1 amide bonds. The molecule has 0 aromatic heterocycles. The van der Waals surface area contributed by atoms with Gasteiger partial charge in [-0.25, -0.2) is 0 Å². The molecule has 10 N–H and O–H groups in total. The number of nitrogens with zero attached hydrogens (tertiary/aromatic N) is 4. The number of aryl methyl sites for hydroxylation is 4. The molecule has 4 aliphatic rings. The summed E-state index contributed by atoms with van der Waals surface area (Å²) in [6.07, 6.45) is 11.5. The summed E-state index contributed by atoms with van der Waals surface area (Å²) in [5.41, 5.74) is 20.2. The summed E-state index contributed by atoms with van der Waals surface area (Å²) in [5.74, 6) is 0.749. The first kappa shape index (κ1) is 83.9. The van der Waals surface area contributed by atoms with Gasteiger partial charge in [-0.05, 0) is 214 Å². The molecular formula is C71H107Cl4IN6O12P+. The lowest BCUT2D eigenvalue weighted by atomic mass is 9.79. The number of ketones is 2. The van der Waals surface area contributed by atoms with Gasteiger partial charge in [0.2, 0.25) is 7.84 Å². The van der Waals surface area contributed by atoms with Crippen molar-refractivity contribution in [3.8, 4) is 34.5 Å². The van der Waals surface area contributed by atoms with Crippen molar-refractivity contribution in [3.63, 3.8) is 0 Å². The molecule has 0 radical (unpaired) electrons. The molecule has 0 spiro atoms. The summed E-state index contributed by atoms with van der Waals surface area (Å²) in [6, 6.07) is 22.0. The quantitative estimate of drug-likeness (QED) is 0.0118. The number of aromatic hydroxyl groups is 6. The van der Waals surface area contributed by atoms with Gasteiger partial charge in [-0.3, -0.25) is 34.1 Å². The maximum Gasteiger partial charge on any atom is 0.293 e. The van der Waals surface area contributed by atoms with Crippen LogP contribution in [-0.4, -0.2) is 164 Å². The number of fused-ring (bicyclic) bond motifs is 5. The average Bonchev–Trinajstić information content (AvgIpc) is 0.772. The number of amides is 1. The summed E-state index contributed by atoms with van der Waals surface area (Å²) >= 11 is 14.6. The minimum Gasteiger partial charge on any atom is -0.504 e. The number of benzene rings is 5. The summed E-state index contributed by atoms with van der Waals surface area (Å²) in [4.78, 5) is 53.9. The van der Waals surface area contributed by atoms with E-state index in [0.29, 0.717) is 81.3 Å². The van der Waals surface area contributed by atoms with Crippen LogP contribution < -0.4 is 11.1 Å². The third-order valence-corrected chi connectivity index (χ3v) is 15.2. The van der Waals surface area contributed by atoms with Gasteiger partial charge in [-0.2, -0.15) is 0 Å². The molecule has 95 heavy (non-hydrogen) atoms. The van der Waals surface area contributed by atoms with Crippen LogP contribution >= 0.6 is 76.1 Å². The number of carbonyl (C=O) groups is 4. The fraction of sp³-hybridized carbons (Fsp3) is 0.493. The van der Waals surface area contributed by atoms with Crippen LogP contribution in [0.1, 0.15) is 138 Å². The van der Waals surface area contributed by atoms with Crippen LogP contribution in [0.4, 0.5) is 0 Å². The zero-order valence-corrected chi connectivity index (χ0v) is 63.6. The van der Waals surface area contributed by atoms with E-state index < -0.39 is 13.0 Å². The molecule has 1 saturated heterocycles. The monoisotopic (exact) mass is 1540 g/mol. The van der Waals surface area contributed by atoms with Gasteiger partial charge in [-0.1, -0.05) is 91.7 Å². The van der Waals surface area contributed by atoms with Gasteiger partial charge in [0.1, 0.15) is 11.6 Å². The highest BCUT2D eigenvalue weighted by molar-refractivity contribution is 14.0. The number of rotatable bonds is 15. The summed E-state index contributed by atoms with van der Waals surface area (Å²) in [7, 11) is 3.86. The third kappa shape index (κ3) is 36.7. The maximum absolute atomic E-state index is 12.5. The van der Waals surface area contributed by atoms with Crippen molar-refractivity contribution >= 4 is 113 Å². The van der Waals surface area contributed by atoms with Crippen LogP contribution in [-0.2, 0) is 56.0 Å². The van der Waals surface area contributed by atoms with Crippen molar-refractivity contribution in [3.05, 3.63) is 140 Å². The Hall–Kier alpha value is -5.32. The lowest BCUT2D eigenvalue weighted by molar-refractivity contribution is -0.872. The molecular weight excluding hydrogens is 1430 g/mol. The second kappa shape index (κ2) is 49.2. The zero-order valence-electron chi connectivity index (χ0n) is 61.3. The predicted octanol–water partition coefficient (Wildman–Crippen LogP) is 13.9. The molecule has 5 aromatic carbocycles. The smallest absolute Gasteiger partial charge is 0.293 e. The largest absolute Gasteiger partial charge is 0.504 e. The molecule has 3 atom stereocenters. The predicted molar refractivity (Wildman–Crippen MR) is 404 cm³/mol. The topological polar surface area (TPSA) is 285 Å². The Morgan fingerprint density at radius 3 is 1.69 bits per heavy atom. The van der Waals surface area contributed by atoms with Crippen molar-refractivity contribution in [2.75, 3.05) is 80.6 Å². The van der Waals surface area contributed by atoms with Gasteiger partial charge >= 0.3 is 0 Å². The van der Waals surface area contributed by atoms with Crippen LogP contribution in [0.5, 0.6) is 34.5 Å². The van der Waals surface area contributed by atoms with E-state index in [1.807, 2.05) is 6.21 Å². The lowest BCUT2D eigenvalue weighted by Crippen LogP contribution is -2.46. The van der Waals surface area contributed by atoms with Crippen LogP contribution in [0.15, 0.2) is 82.8 Å². The van der Waals surface area contributed by atoms with E-state index in [9.17, 15) is 24.3 Å². The van der Waals surface area contributed by atoms with E-state index in [1.54, 1.807) is 38.3 Å². The van der Waals surface area contributed by atoms with E-state index in [1.165, 1.54) is 74.8 Å². The molecule has 0 bridgehead atoms. The van der Waals surface area contributed by atoms with Gasteiger partial charge in [0, 0.05) is 70.6 Å². The van der Waals surface area contributed by atoms with Crippen molar-refractivity contribution in [2.45, 2.75) is 127 Å². The fourth-order valence-corrected chi connectivity index (χ4v) is 10.5. The number of nitrogens with two attached hydrogens (primary N) is 1. The van der Waals surface area contributed by atoms with E-state index in [2.05, 4.69) is 131 Å². The first-order valence-electron chi connectivity index (χ1n) is 33.0. The number of piperidine rings is 1. The van der Waals surface area contributed by atoms with Crippen molar-refractivity contribution < 1.29 is 68.3 Å². The number of phenolic OH excluding ortho intramolecular Hbond substituents is 6. The van der Waals surface area contributed by atoms with Gasteiger partial charge in [-0.15, -0.1) is 36.4 Å². The second-order valence-electron chi connectivity index (χ2n) is 24.8. The molecule has 0 saturated carbocycles.